The zero-order valence-electron chi connectivity index (χ0n) is 9.28. The van der Waals surface area contributed by atoms with Gasteiger partial charge in [0.2, 0.25) is 0 Å². The van der Waals surface area contributed by atoms with Gasteiger partial charge >= 0.3 is 0 Å². The molecule has 0 atom stereocenters. The van der Waals surface area contributed by atoms with Gasteiger partial charge in [-0.25, -0.2) is 4.98 Å². The maximum atomic E-state index is 9.06. The molecule has 0 aliphatic carbocycles. The minimum absolute atomic E-state index is 0.437. The summed E-state index contributed by atoms with van der Waals surface area (Å²) in [5.41, 5.74) is 3.26. The van der Waals surface area contributed by atoms with E-state index in [9.17, 15) is 0 Å². The normalized spacial score (nSPS) is 10.6. The summed E-state index contributed by atoms with van der Waals surface area (Å²) in [4.78, 5) is 10.5. The molecule has 4 heteroatoms. The largest absolute Gasteiger partial charge is 0.360 e. The molecule has 3 rings (SSSR count). The van der Waals surface area contributed by atoms with E-state index in [1.807, 2.05) is 37.4 Å². The second kappa shape index (κ2) is 3.49. The standard InChI is InChI=1S/C13H10N4/c1-8-16-12(6-14)13(17-8)10-7-15-11-5-3-2-4-9(10)11/h2-5,7,15H,1H3,(H,16,17). The zero-order valence-corrected chi connectivity index (χ0v) is 9.28. The lowest BCUT2D eigenvalue weighted by Gasteiger charge is -1.95. The van der Waals surface area contributed by atoms with Crippen molar-refractivity contribution >= 4 is 10.9 Å². The molecule has 17 heavy (non-hydrogen) atoms. The number of aromatic nitrogens is 3. The number of hydrogen-bond donors (Lipinski definition) is 2. The van der Waals surface area contributed by atoms with Crippen molar-refractivity contribution < 1.29 is 0 Å². The molecule has 3 aromatic rings. The minimum Gasteiger partial charge on any atom is -0.360 e. The van der Waals surface area contributed by atoms with Gasteiger partial charge in [0.25, 0.3) is 0 Å². The van der Waals surface area contributed by atoms with Crippen LogP contribution in [0.4, 0.5) is 0 Å². The third kappa shape index (κ3) is 1.41. The van der Waals surface area contributed by atoms with Crippen LogP contribution >= 0.6 is 0 Å². The number of aryl methyl sites for hydroxylation is 1. The van der Waals surface area contributed by atoms with Gasteiger partial charge in [-0.1, -0.05) is 18.2 Å². The van der Waals surface area contributed by atoms with E-state index in [1.54, 1.807) is 0 Å². The van der Waals surface area contributed by atoms with Crippen LogP contribution in [-0.2, 0) is 0 Å². The molecule has 0 saturated heterocycles. The van der Waals surface area contributed by atoms with Crippen LogP contribution in [0.3, 0.4) is 0 Å². The molecular weight excluding hydrogens is 212 g/mol. The zero-order chi connectivity index (χ0) is 11.8. The highest BCUT2D eigenvalue weighted by molar-refractivity contribution is 5.95. The Bertz CT molecular complexity index is 727. The molecule has 0 fully saturated rings. The Hall–Kier alpha value is -2.54. The minimum atomic E-state index is 0.437. The lowest BCUT2D eigenvalue weighted by atomic mass is 10.1. The Balaban J connectivity index is 2.31. The number of benzene rings is 1. The lowest BCUT2D eigenvalue weighted by molar-refractivity contribution is 1.14. The van der Waals surface area contributed by atoms with E-state index in [-0.39, 0.29) is 0 Å². The summed E-state index contributed by atoms with van der Waals surface area (Å²) in [5.74, 6) is 0.752. The molecule has 0 saturated carbocycles. The van der Waals surface area contributed by atoms with E-state index in [0.717, 1.165) is 28.0 Å². The van der Waals surface area contributed by atoms with Crippen LogP contribution in [0.15, 0.2) is 30.5 Å². The van der Waals surface area contributed by atoms with Crippen LogP contribution in [-0.4, -0.2) is 15.0 Å². The second-order valence-electron chi connectivity index (χ2n) is 3.91. The molecule has 0 aliphatic rings. The molecule has 1 aromatic carbocycles. The molecule has 0 unspecified atom stereocenters. The predicted molar refractivity (Wildman–Crippen MR) is 65.3 cm³/mol. The van der Waals surface area contributed by atoms with Crippen molar-refractivity contribution in [1.29, 1.82) is 5.26 Å². The Labute approximate surface area is 97.9 Å². The molecule has 0 radical (unpaired) electrons. The molecule has 2 heterocycles. The van der Waals surface area contributed by atoms with Crippen molar-refractivity contribution in [3.63, 3.8) is 0 Å². The van der Waals surface area contributed by atoms with Gasteiger partial charge in [0.15, 0.2) is 5.69 Å². The number of aromatic amines is 2. The van der Waals surface area contributed by atoms with E-state index < -0.39 is 0 Å². The van der Waals surface area contributed by atoms with Crippen LogP contribution in [0.2, 0.25) is 0 Å². The van der Waals surface area contributed by atoms with Crippen molar-refractivity contribution in [3.05, 3.63) is 42.0 Å². The van der Waals surface area contributed by atoms with Gasteiger partial charge in [-0.3, -0.25) is 0 Å². The summed E-state index contributed by atoms with van der Waals surface area (Å²) >= 11 is 0. The van der Waals surface area contributed by atoms with Crippen molar-refractivity contribution in [1.82, 2.24) is 15.0 Å². The number of nitrogens with zero attached hydrogens (tertiary/aromatic N) is 2. The molecule has 82 valence electrons. The Morgan fingerprint density at radius 1 is 1.29 bits per heavy atom. The number of imidazole rings is 1. The van der Waals surface area contributed by atoms with Crippen molar-refractivity contribution in [2.45, 2.75) is 6.92 Å². The van der Waals surface area contributed by atoms with E-state index in [0.29, 0.717) is 5.69 Å². The molecule has 4 nitrogen and oxygen atoms in total. The first-order valence-corrected chi connectivity index (χ1v) is 5.33. The number of fused-ring (bicyclic) bond motifs is 1. The van der Waals surface area contributed by atoms with Crippen molar-refractivity contribution in [2.24, 2.45) is 0 Å². The van der Waals surface area contributed by atoms with Gasteiger partial charge in [0, 0.05) is 22.7 Å². The smallest absolute Gasteiger partial charge is 0.166 e. The highest BCUT2D eigenvalue weighted by Crippen LogP contribution is 2.29. The first-order valence-electron chi connectivity index (χ1n) is 5.33. The number of para-hydroxylation sites is 1. The Morgan fingerprint density at radius 3 is 2.94 bits per heavy atom. The fourth-order valence-electron chi connectivity index (χ4n) is 2.05. The van der Waals surface area contributed by atoms with E-state index in [4.69, 9.17) is 5.26 Å². The molecule has 0 spiro atoms. The summed E-state index contributed by atoms with van der Waals surface area (Å²) in [5, 5.41) is 10.2. The highest BCUT2D eigenvalue weighted by atomic mass is 14.9. The summed E-state index contributed by atoms with van der Waals surface area (Å²) in [6, 6.07) is 10.1. The van der Waals surface area contributed by atoms with Crippen LogP contribution in [0, 0.1) is 18.3 Å². The number of H-pyrrole nitrogens is 2. The van der Waals surface area contributed by atoms with E-state index in [2.05, 4.69) is 21.0 Å². The summed E-state index contributed by atoms with van der Waals surface area (Å²) in [7, 11) is 0. The summed E-state index contributed by atoms with van der Waals surface area (Å²) < 4.78 is 0. The van der Waals surface area contributed by atoms with Gasteiger partial charge < -0.3 is 9.97 Å². The average molecular weight is 222 g/mol. The maximum Gasteiger partial charge on any atom is 0.166 e. The predicted octanol–water partition coefficient (Wildman–Crippen LogP) is 2.74. The van der Waals surface area contributed by atoms with Gasteiger partial charge in [0.1, 0.15) is 11.9 Å². The maximum absolute atomic E-state index is 9.06. The average Bonchev–Trinajstić information content (AvgIpc) is 2.91. The number of nitriles is 1. The third-order valence-electron chi connectivity index (χ3n) is 2.79. The fourth-order valence-corrected chi connectivity index (χ4v) is 2.05. The van der Waals surface area contributed by atoms with Crippen LogP contribution in [0.5, 0.6) is 0 Å². The van der Waals surface area contributed by atoms with Gasteiger partial charge in [-0.2, -0.15) is 5.26 Å². The molecule has 0 bridgehead atoms. The molecule has 0 aliphatic heterocycles. The number of nitrogens with one attached hydrogen (secondary N) is 2. The van der Waals surface area contributed by atoms with E-state index in [1.165, 1.54) is 0 Å². The monoisotopic (exact) mass is 222 g/mol. The second-order valence-corrected chi connectivity index (χ2v) is 3.91. The van der Waals surface area contributed by atoms with Gasteiger partial charge in [-0.15, -0.1) is 0 Å². The SMILES string of the molecule is Cc1nc(C#N)c(-c2c[nH]c3ccccc23)[nH]1. The van der Waals surface area contributed by atoms with Gasteiger partial charge in [0.05, 0.1) is 5.69 Å². The Morgan fingerprint density at radius 2 is 2.12 bits per heavy atom. The summed E-state index contributed by atoms with van der Waals surface area (Å²) in [6.45, 7) is 1.85. The van der Waals surface area contributed by atoms with Crippen LogP contribution in [0.1, 0.15) is 11.5 Å². The fraction of sp³-hybridized carbons (Fsp3) is 0.0769. The number of rotatable bonds is 1. The molecular formula is C13H10N4. The topological polar surface area (TPSA) is 68.3 Å². The van der Waals surface area contributed by atoms with Crippen molar-refractivity contribution in [2.75, 3.05) is 0 Å². The number of hydrogen-bond acceptors (Lipinski definition) is 2. The van der Waals surface area contributed by atoms with Crippen LogP contribution < -0.4 is 0 Å². The lowest BCUT2D eigenvalue weighted by Crippen LogP contribution is -1.80. The highest BCUT2D eigenvalue weighted by Gasteiger charge is 2.13. The molecule has 2 aromatic heterocycles. The molecule has 2 N–H and O–H groups in total. The quantitative estimate of drug-likeness (QED) is 0.664. The third-order valence-corrected chi connectivity index (χ3v) is 2.79. The van der Waals surface area contributed by atoms with Crippen molar-refractivity contribution in [3.8, 4) is 17.3 Å². The Kier molecular flexibility index (Phi) is 1.99. The van der Waals surface area contributed by atoms with Crippen LogP contribution in [0.25, 0.3) is 22.2 Å². The molecule has 0 amide bonds. The first-order chi connectivity index (χ1) is 8.29. The first kappa shape index (κ1) is 9.67. The summed E-state index contributed by atoms with van der Waals surface area (Å²) in [6.07, 6.45) is 1.90. The van der Waals surface area contributed by atoms with Gasteiger partial charge in [-0.05, 0) is 13.0 Å². The van der Waals surface area contributed by atoms with E-state index >= 15 is 0 Å².